The van der Waals surface area contributed by atoms with E-state index >= 15 is 0 Å². The van der Waals surface area contributed by atoms with E-state index in [4.69, 9.17) is 0 Å². The van der Waals surface area contributed by atoms with E-state index in [0.29, 0.717) is 0 Å². The maximum absolute atomic E-state index is 2.22. The van der Waals surface area contributed by atoms with Gasteiger partial charge in [-0.05, 0) is 5.92 Å². The molecular weight excluding hydrogens is 120 g/mol. The third-order valence-corrected chi connectivity index (χ3v) is 1.52. The van der Waals surface area contributed by atoms with Crippen LogP contribution in [0, 0.1) is 5.92 Å². The average Bonchev–Trinajstić information content (AvgIpc) is 1.91. The Morgan fingerprint density at radius 1 is 0.900 bits per heavy atom. The normalized spacial score (nSPS) is 9.00. The Hall–Kier alpha value is 0. The van der Waals surface area contributed by atoms with E-state index in [9.17, 15) is 0 Å². The Morgan fingerprint density at radius 3 is 1.20 bits per heavy atom. The molecule has 0 aliphatic carbocycles. The SMILES string of the molecule is CCC(C)C.CCCCC. The van der Waals surface area contributed by atoms with Crippen LogP contribution < -0.4 is 0 Å². The van der Waals surface area contributed by atoms with Crippen LogP contribution in [0.5, 0.6) is 0 Å². The van der Waals surface area contributed by atoms with Crippen molar-refractivity contribution >= 4 is 0 Å². The summed E-state index contributed by atoms with van der Waals surface area (Å²) >= 11 is 0. The Balaban J connectivity index is 0. The van der Waals surface area contributed by atoms with Crippen molar-refractivity contribution in [3.8, 4) is 0 Å². The van der Waals surface area contributed by atoms with Crippen molar-refractivity contribution in [2.45, 2.75) is 60.3 Å². The molecule has 0 atom stereocenters. The molecule has 0 N–H and O–H groups in total. The highest BCUT2D eigenvalue weighted by molar-refractivity contribution is 4.32. The average molecular weight is 144 g/mol. The predicted molar refractivity (Wildman–Crippen MR) is 50.3 cm³/mol. The zero-order valence-corrected chi connectivity index (χ0v) is 8.41. The molecule has 0 bridgehead atoms. The van der Waals surface area contributed by atoms with Gasteiger partial charge >= 0.3 is 0 Å². The van der Waals surface area contributed by atoms with Gasteiger partial charge in [-0.2, -0.15) is 0 Å². The Morgan fingerprint density at radius 2 is 1.20 bits per heavy atom. The lowest BCUT2D eigenvalue weighted by Gasteiger charge is -1.90. The first-order valence-corrected chi connectivity index (χ1v) is 4.68. The van der Waals surface area contributed by atoms with Crippen molar-refractivity contribution in [2.24, 2.45) is 5.92 Å². The Bertz CT molecular complexity index is 35.3. The van der Waals surface area contributed by atoms with Gasteiger partial charge in [0.05, 0.1) is 0 Å². The molecule has 0 aliphatic rings. The van der Waals surface area contributed by atoms with Gasteiger partial charge in [0.1, 0.15) is 0 Å². The summed E-state index contributed by atoms with van der Waals surface area (Å²) in [6.07, 6.45) is 5.38. The van der Waals surface area contributed by atoms with Crippen molar-refractivity contribution in [1.29, 1.82) is 0 Å². The molecule has 0 rings (SSSR count). The van der Waals surface area contributed by atoms with Gasteiger partial charge in [-0.1, -0.05) is 60.3 Å². The van der Waals surface area contributed by atoms with Gasteiger partial charge in [-0.25, -0.2) is 0 Å². The maximum atomic E-state index is 2.22. The minimum atomic E-state index is 0.884. The summed E-state index contributed by atoms with van der Waals surface area (Å²) in [5.41, 5.74) is 0. The fraction of sp³-hybridized carbons (Fsp3) is 1.00. The third kappa shape index (κ3) is 24.5. The summed E-state index contributed by atoms with van der Waals surface area (Å²) in [4.78, 5) is 0. The highest BCUT2D eigenvalue weighted by Crippen LogP contribution is 1.93. The van der Waals surface area contributed by atoms with Crippen LogP contribution in [0.1, 0.15) is 60.3 Å². The molecule has 0 nitrogen and oxygen atoms in total. The molecule has 0 heterocycles. The molecule has 0 radical (unpaired) electrons. The lowest BCUT2D eigenvalue weighted by atomic mass is 10.2. The smallest absolute Gasteiger partial charge is 0.0474 e. The second-order valence-electron chi connectivity index (χ2n) is 3.16. The Kier molecular flexibility index (Phi) is 14.9. The zero-order valence-electron chi connectivity index (χ0n) is 8.41. The molecule has 0 aromatic heterocycles. The molecule has 0 fully saturated rings. The number of rotatable bonds is 3. The van der Waals surface area contributed by atoms with Crippen LogP contribution in [0.3, 0.4) is 0 Å². The highest BCUT2D eigenvalue weighted by atomic mass is 13.9. The number of unbranched alkanes of at least 4 members (excludes halogenated alkanes) is 2. The van der Waals surface area contributed by atoms with Gasteiger partial charge in [-0.3, -0.25) is 0 Å². The summed E-state index contributed by atoms with van der Waals surface area (Å²) < 4.78 is 0. The number of hydrogen-bond donors (Lipinski definition) is 0. The molecule has 10 heavy (non-hydrogen) atoms. The van der Waals surface area contributed by atoms with Crippen LogP contribution in [-0.4, -0.2) is 0 Å². The van der Waals surface area contributed by atoms with Crippen LogP contribution in [-0.2, 0) is 0 Å². The summed E-state index contributed by atoms with van der Waals surface area (Å²) in [6.45, 7) is 11.1. The maximum Gasteiger partial charge on any atom is -0.0474 e. The lowest BCUT2D eigenvalue weighted by molar-refractivity contribution is 0.626. The zero-order chi connectivity index (χ0) is 8.41. The van der Waals surface area contributed by atoms with Crippen LogP contribution in [0.25, 0.3) is 0 Å². The van der Waals surface area contributed by atoms with E-state index in [1.165, 1.54) is 25.7 Å². The summed E-state index contributed by atoms with van der Waals surface area (Å²) in [5.74, 6) is 0.884. The van der Waals surface area contributed by atoms with Crippen LogP contribution >= 0.6 is 0 Å². The first-order chi connectivity index (χ1) is 4.68. The van der Waals surface area contributed by atoms with Gasteiger partial charge in [0.2, 0.25) is 0 Å². The second-order valence-corrected chi connectivity index (χ2v) is 3.16. The molecule has 0 aromatic carbocycles. The van der Waals surface area contributed by atoms with Crippen LogP contribution in [0.2, 0.25) is 0 Å². The molecule has 0 amide bonds. The van der Waals surface area contributed by atoms with E-state index in [1.807, 2.05) is 0 Å². The third-order valence-electron chi connectivity index (χ3n) is 1.52. The second kappa shape index (κ2) is 11.8. The Labute approximate surface area is 67.0 Å². The number of hydrogen-bond acceptors (Lipinski definition) is 0. The summed E-state index contributed by atoms with van der Waals surface area (Å²) in [7, 11) is 0. The molecule has 0 aromatic rings. The van der Waals surface area contributed by atoms with Crippen molar-refractivity contribution in [1.82, 2.24) is 0 Å². The quantitative estimate of drug-likeness (QED) is 0.555. The van der Waals surface area contributed by atoms with E-state index in [1.54, 1.807) is 0 Å². The summed E-state index contributed by atoms with van der Waals surface area (Å²) in [6, 6.07) is 0. The van der Waals surface area contributed by atoms with Crippen molar-refractivity contribution in [3.63, 3.8) is 0 Å². The van der Waals surface area contributed by atoms with Crippen molar-refractivity contribution in [3.05, 3.63) is 0 Å². The first kappa shape index (κ1) is 12.7. The largest absolute Gasteiger partial charge is 0.0654 e. The molecule has 0 saturated carbocycles. The molecule has 0 aliphatic heterocycles. The molecule has 0 heteroatoms. The van der Waals surface area contributed by atoms with E-state index in [2.05, 4.69) is 34.6 Å². The van der Waals surface area contributed by atoms with Gasteiger partial charge in [0.15, 0.2) is 0 Å². The van der Waals surface area contributed by atoms with Crippen molar-refractivity contribution < 1.29 is 0 Å². The fourth-order valence-electron chi connectivity index (χ4n) is 0.354. The molecule has 0 unspecified atom stereocenters. The fourth-order valence-corrected chi connectivity index (χ4v) is 0.354. The van der Waals surface area contributed by atoms with Gasteiger partial charge in [-0.15, -0.1) is 0 Å². The lowest BCUT2D eigenvalue weighted by Crippen LogP contribution is -1.77. The highest BCUT2D eigenvalue weighted by Gasteiger charge is 1.80. The predicted octanol–water partition coefficient (Wildman–Crippen LogP) is 4.25. The van der Waals surface area contributed by atoms with Gasteiger partial charge in [0.25, 0.3) is 0 Å². The van der Waals surface area contributed by atoms with E-state index in [-0.39, 0.29) is 0 Å². The van der Waals surface area contributed by atoms with Crippen LogP contribution in [0.15, 0.2) is 0 Å². The molecule has 0 saturated heterocycles. The molecule has 0 spiro atoms. The standard InChI is InChI=1S/2C5H12/c1-4-5(2)3;1-3-5-4-2/h5H,4H2,1-3H3;3-5H2,1-2H3. The first-order valence-electron chi connectivity index (χ1n) is 4.68. The van der Waals surface area contributed by atoms with E-state index in [0.717, 1.165) is 5.92 Å². The van der Waals surface area contributed by atoms with Crippen LogP contribution in [0.4, 0.5) is 0 Å². The van der Waals surface area contributed by atoms with Gasteiger partial charge < -0.3 is 0 Å². The monoisotopic (exact) mass is 144 g/mol. The van der Waals surface area contributed by atoms with Gasteiger partial charge in [0, 0.05) is 0 Å². The topological polar surface area (TPSA) is 0 Å². The summed E-state index contributed by atoms with van der Waals surface area (Å²) in [5, 5.41) is 0. The van der Waals surface area contributed by atoms with Crippen molar-refractivity contribution in [2.75, 3.05) is 0 Å². The van der Waals surface area contributed by atoms with E-state index < -0.39 is 0 Å². The molecule has 64 valence electrons. The minimum Gasteiger partial charge on any atom is -0.0654 e. The molecular formula is C10H24. The minimum absolute atomic E-state index is 0.884.